The average Bonchev–Trinajstić information content (AvgIpc) is 2.75. The molecule has 0 aliphatic heterocycles. The lowest BCUT2D eigenvalue weighted by Gasteiger charge is -2.13. The van der Waals surface area contributed by atoms with Crippen molar-refractivity contribution in [1.29, 1.82) is 0 Å². The Morgan fingerprint density at radius 3 is 2.20 bits per heavy atom. The first-order valence-electron chi connectivity index (χ1n) is 9.63. The number of carbonyl (C=O) groups is 2. The predicted molar refractivity (Wildman–Crippen MR) is 125 cm³/mol. The average molecular weight is 418 g/mol. The highest BCUT2D eigenvalue weighted by Crippen LogP contribution is 2.20. The van der Waals surface area contributed by atoms with E-state index in [1.54, 1.807) is 24.3 Å². The van der Waals surface area contributed by atoms with Crippen LogP contribution in [0.2, 0.25) is 0 Å². The summed E-state index contributed by atoms with van der Waals surface area (Å²) >= 11 is 5.24. The van der Waals surface area contributed by atoms with E-state index in [0.29, 0.717) is 24.1 Å². The van der Waals surface area contributed by atoms with E-state index in [1.165, 1.54) is 0 Å². The van der Waals surface area contributed by atoms with E-state index in [-0.39, 0.29) is 16.9 Å². The number of hydrogen-bond donors (Lipinski definition) is 3. The van der Waals surface area contributed by atoms with Crippen molar-refractivity contribution in [1.82, 2.24) is 5.32 Å². The van der Waals surface area contributed by atoms with E-state index in [2.05, 4.69) is 16.0 Å². The molecule has 2 amide bonds. The predicted octanol–water partition coefficient (Wildman–Crippen LogP) is 4.69. The summed E-state index contributed by atoms with van der Waals surface area (Å²) in [6.45, 7) is 1.90. The number of nitrogens with one attached hydrogen (secondary N) is 3. The second kappa shape index (κ2) is 10.3. The molecule has 5 nitrogen and oxygen atoms in total. The fraction of sp³-hybridized carbons (Fsp3) is 0.125. The maximum Gasteiger partial charge on any atom is 0.255 e. The Hall–Kier alpha value is -3.51. The molecule has 3 aromatic rings. The van der Waals surface area contributed by atoms with E-state index in [9.17, 15) is 9.59 Å². The number of benzene rings is 3. The zero-order valence-corrected chi connectivity index (χ0v) is 17.5. The lowest BCUT2D eigenvalue weighted by molar-refractivity contribution is -0.119. The molecule has 0 atom stereocenters. The lowest BCUT2D eigenvalue weighted by atomic mass is 10.1. The van der Waals surface area contributed by atoms with Crippen LogP contribution in [0, 0.1) is 6.92 Å². The van der Waals surface area contributed by atoms with Crippen molar-refractivity contribution in [3.8, 4) is 0 Å². The monoisotopic (exact) mass is 417 g/mol. The number of aryl methyl sites for hydroxylation is 2. The fourth-order valence-corrected chi connectivity index (χ4v) is 3.15. The van der Waals surface area contributed by atoms with E-state index >= 15 is 0 Å². The number of amides is 2. The van der Waals surface area contributed by atoms with Gasteiger partial charge in [0.15, 0.2) is 5.11 Å². The summed E-state index contributed by atoms with van der Waals surface area (Å²) in [5.41, 5.74) is 4.03. The van der Waals surface area contributed by atoms with E-state index < -0.39 is 0 Å². The van der Waals surface area contributed by atoms with Gasteiger partial charge >= 0.3 is 0 Å². The third-order valence-corrected chi connectivity index (χ3v) is 4.71. The van der Waals surface area contributed by atoms with Crippen molar-refractivity contribution in [3.05, 3.63) is 95.6 Å². The summed E-state index contributed by atoms with van der Waals surface area (Å²) in [6, 6.07) is 24.3. The third-order valence-electron chi connectivity index (χ3n) is 4.50. The van der Waals surface area contributed by atoms with Crippen LogP contribution in [0.4, 0.5) is 11.4 Å². The summed E-state index contributed by atoms with van der Waals surface area (Å²) in [5, 5.41) is 8.86. The first-order chi connectivity index (χ1) is 14.5. The molecule has 0 saturated heterocycles. The van der Waals surface area contributed by atoms with Gasteiger partial charge in [0.05, 0.1) is 0 Å². The largest absolute Gasteiger partial charge is 0.332 e. The second-order valence-corrected chi connectivity index (χ2v) is 7.25. The molecule has 0 fully saturated rings. The van der Waals surface area contributed by atoms with Crippen molar-refractivity contribution in [2.24, 2.45) is 0 Å². The molecular weight excluding hydrogens is 394 g/mol. The molecule has 0 bridgehead atoms. The maximum atomic E-state index is 12.3. The molecule has 30 heavy (non-hydrogen) atoms. The molecule has 0 heterocycles. The highest BCUT2D eigenvalue weighted by Gasteiger charge is 2.09. The molecule has 3 N–H and O–H groups in total. The van der Waals surface area contributed by atoms with Crippen LogP contribution in [0.5, 0.6) is 0 Å². The van der Waals surface area contributed by atoms with Crippen LogP contribution in [0.15, 0.2) is 78.9 Å². The zero-order valence-electron chi connectivity index (χ0n) is 16.6. The Bertz CT molecular complexity index is 1040. The quantitative estimate of drug-likeness (QED) is 0.509. The molecule has 3 aromatic carbocycles. The highest BCUT2D eigenvalue weighted by molar-refractivity contribution is 7.80. The Morgan fingerprint density at radius 2 is 1.53 bits per heavy atom. The van der Waals surface area contributed by atoms with Crippen molar-refractivity contribution in [2.45, 2.75) is 19.8 Å². The summed E-state index contributed by atoms with van der Waals surface area (Å²) in [5.74, 6) is -0.305. The third kappa shape index (κ3) is 6.25. The summed E-state index contributed by atoms with van der Waals surface area (Å²) < 4.78 is 0. The number of hydrogen-bond acceptors (Lipinski definition) is 3. The van der Waals surface area contributed by atoms with E-state index in [0.717, 1.165) is 16.8 Å². The minimum absolute atomic E-state index is 0.139. The van der Waals surface area contributed by atoms with Crippen LogP contribution >= 0.6 is 12.2 Å². The van der Waals surface area contributed by atoms with Crippen molar-refractivity contribution in [3.63, 3.8) is 0 Å². The first kappa shape index (κ1) is 21.2. The van der Waals surface area contributed by atoms with Gasteiger partial charge in [0, 0.05) is 23.4 Å². The van der Waals surface area contributed by atoms with Gasteiger partial charge in [-0.25, -0.2) is 0 Å². The minimum Gasteiger partial charge on any atom is -0.332 e. The Kier molecular flexibility index (Phi) is 7.29. The molecule has 0 saturated carbocycles. The minimum atomic E-state index is -0.166. The molecule has 3 rings (SSSR count). The molecule has 0 aliphatic rings. The van der Waals surface area contributed by atoms with Gasteiger partial charge < -0.3 is 16.0 Å². The Balaban J connectivity index is 1.51. The summed E-state index contributed by atoms with van der Waals surface area (Å²) in [6.07, 6.45) is 1.01. The molecule has 0 unspecified atom stereocenters. The van der Waals surface area contributed by atoms with Gasteiger partial charge in [-0.3, -0.25) is 9.59 Å². The maximum absolute atomic E-state index is 12.3. The van der Waals surface area contributed by atoms with Gasteiger partial charge in [0.1, 0.15) is 0 Å². The molecule has 6 heteroatoms. The number of carbonyl (C=O) groups excluding carboxylic acids is 2. The number of anilines is 2. The lowest BCUT2D eigenvalue weighted by Crippen LogP contribution is -2.34. The zero-order chi connectivity index (χ0) is 21.3. The smallest absolute Gasteiger partial charge is 0.255 e. The Labute approximate surface area is 181 Å². The van der Waals surface area contributed by atoms with Gasteiger partial charge in [-0.05, 0) is 67.0 Å². The van der Waals surface area contributed by atoms with Gasteiger partial charge in [-0.1, -0.05) is 48.5 Å². The normalized spacial score (nSPS) is 10.2. The van der Waals surface area contributed by atoms with Crippen LogP contribution in [-0.4, -0.2) is 16.9 Å². The Morgan fingerprint density at radius 1 is 0.867 bits per heavy atom. The van der Waals surface area contributed by atoms with Gasteiger partial charge in [-0.15, -0.1) is 0 Å². The van der Waals surface area contributed by atoms with Crippen molar-refractivity contribution < 1.29 is 9.59 Å². The second-order valence-electron chi connectivity index (χ2n) is 6.84. The molecule has 0 spiro atoms. The van der Waals surface area contributed by atoms with E-state index in [1.807, 2.05) is 61.5 Å². The first-order valence-corrected chi connectivity index (χ1v) is 10.0. The number of rotatable bonds is 6. The SMILES string of the molecule is Cc1cc(NC(=S)NC(=O)CCc2ccccc2)ccc1NC(=O)c1ccccc1. The van der Waals surface area contributed by atoms with Crippen LogP contribution < -0.4 is 16.0 Å². The van der Waals surface area contributed by atoms with Gasteiger partial charge in [0.2, 0.25) is 5.91 Å². The van der Waals surface area contributed by atoms with Gasteiger partial charge in [-0.2, -0.15) is 0 Å². The number of thiocarbonyl (C=S) groups is 1. The summed E-state index contributed by atoms with van der Waals surface area (Å²) in [4.78, 5) is 24.4. The topological polar surface area (TPSA) is 70.2 Å². The van der Waals surface area contributed by atoms with Crippen LogP contribution in [0.1, 0.15) is 27.9 Å². The molecule has 0 radical (unpaired) electrons. The van der Waals surface area contributed by atoms with Crippen molar-refractivity contribution in [2.75, 3.05) is 10.6 Å². The molecule has 0 aliphatic carbocycles. The van der Waals surface area contributed by atoms with Crippen LogP contribution in [-0.2, 0) is 11.2 Å². The fourth-order valence-electron chi connectivity index (χ4n) is 2.92. The van der Waals surface area contributed by atoms with Crippen LogP contribution in [0.25, 0.3) is 0 Å². The summed E-state index contributed by atoms with van der Waals surface area (Å²) in [7, 11) is 0. The van der Waals surface area contributed by atoms with Gasteiger partial charge in [0.25, 0.3) is 5.91 Å². The standard InChI is InChI=1S/C24H23N3O2S/c1-17-16-20(13-14-21(17)26-23(29)19-10-6-3-7-11-19)25-24(30)27-22(28)15-12-18-8-4-2-5-9-18/h2-11,13-14,16H,12,15H2,1H3,(H,26,29)(H2,25,27,28,30). The van der Waals surface area contributed by atoms with Crippen molar-refractivity contribution >= 4 is 40.5 Å². The van der Waals surface area contributed by atoms with E-state index in [4.69, 9.17) is 12.2 Å². The highest BCUT2D eigenvalue weighted by atomic mass is 32.1. The molecule has 0 aromatic heterocycles. The van der Waals surface area contributed by atoms with Crippen LogP contribution in [0.3, 0.4) is 0 Å². The molecular formula is C24H23N3O2S. The molecule has 152 valence electrons.